The Kier molecular flexibility index (Phi) is 2.84. The third kappa shape index (κ3) is 2.02. The van der Waals surface area contributed by atoms with E-state index in [1.165, 1.54) is 45.2 Å². The molecule has 0 radical (unpaired) electrons. The summed E-state index contributed by atoms with van der Waals surface area (Å²) in [5.74, 6) is 0.940. The first-order chi connectivity index (χ1) is 6.27. The van der Waals surface area contributed by atoms with Gasteiger partial charge in [-0.15, -0.1) is 0 Å². The molecule has 2 N–H and O–H groups in total. The number of likely N-dealkylation sites (tertiary alicyclic amines) is 1. The molecule has 2 rings (SSSR count). The normalized spacial score (nSPS) is 30.3. The minimum absolute atomic E-state index is 0.413. The molecule has 3 heteroatoms. The van der Waals surface area contributed by atoms with Gasteiger partial charge in [0.25, 0.3) is 0 Å². The van der Waals surface area contributed by atoms with Gasteiger partial charge in [-0.25, -0.2) is 0 Å². The van der Waals surface area contributed by atoms with Crippen molar-refractivity contribution < 1.29 is 0 Å². The van der Waals surface area contributed by atoms with E-state index in [0.717, 1.165) is 5.92 Å². The molecule has 0 bridgehead atoms. The highest BCUT2D eigenvalue weighted by atomic mass is 32.1. The van der Waals surface area contributed by atoms with E-state index in [1.807, 2.05) is 0 Å². The molecule has 1 heterocycles. The molecule has 1 aliphatic carbocycles. The molecule has 2 aliphatic rings. The smallest absolute Gasteiger partial charge is 0.0902 e. The quantitative estimate of drug-likeness (QED) is 0.697. The van der Waals surface area contributed by atoms with Crippen LogP contribution in [0.2, 0.25) is 0 Å². The molecule has 1 aliphatic heterocycles. The highest BCUT2D eigenvalue weighted by Crippen LogP contribution is 2.29. The zero-order chi connectivity index (χ0) is 9.26. The van der Waals surface area contributed by atoms with Crippen LogP contribution in [0.4, 0.5) is 0 Å². The molecule has 1 saturated carbocycles. The maximum absolute atomic E-state index is 5.71. The van der Waals surface area contributed by atoms with Gasteiger partial charge in [-0.3, -0.25) is 4.90 Å². The molecule has 0 aromatic carbocycles. The molecule has 2 nitrogen and oxygen atoms in total. The lowest BCUT2D eigenvalue weighted by Gasteiger charge is -2.32. The van der Waals surface area contributed by atoms with Crippen LogP contribution in [0.25, 0.3) is 0 Å². The predicted molar refractivity (Wildman–Crippen MR) is 58.7 cm³/mol. The largest absolute Gasteiger partial charge is 0.392 e. The molecule has 0 aromatic heterocycles. The van der Waals surface area contributed by atoms with Crippen molar-refractivity contribution >= 4 is 17.2 Å². The highest BCUT2D eigenvalue weighted by Gasteiger charge is 2.30. The molecule has 1 saturated heterocycles. The first-order valence-corrected chi connectivity index (χ1v) is 5.71. The standard InChI is InChI=1S/C10H18N2S/c11-10(13)9-5-2-6-12(9)7-8-3-1-4-8/h8-9H,1-7H2,(H2,11,13). The number of nitrogens with two attached hydrogens (primary N) is 1. The van der Waals surface area contributed by atoms with Gasteiger partial charge in [0, 0.05) is 6.54 Å². The van der Waals surface area contributed by atoms with Gasteiger partial charge >= 0.3 is 0 Å². The summed E-state index contributed by atoms with van der Waals surface area (Å²) in [6.07, 6.45) is 6.72. The Morgan fingerprint density at radius 1 is 1.31 bits per heavy atom. The van der Waals surface area contributed by atoms with Crippen molar-refractivity contribution in [3.8, 4) is 0 Å². The van der Waals surface area contributed by atoms with Crippen LogP contribution in [-0.2, 0) is 0 Å². The Hall–Kier alpha value is -0.150. The maximum Gasteiger partial charge on any atom is 0.0902 e. The van der Waals surface area contributed by atoms with E-state index in [9.17, 15) is 0 Å². The summed E-state index contributed by atoms with van der Waals surface area (Å²) in [5, 5.41) is 0. The summed E-state index contributed by atoms with van der Waals surface area (Å²) in [4.78, 5) is 3.20. The highest BCUT2D eigenvalue weighted by molar-refractivity contribution is 7.80. The van der Waals surface area contributed by atoms with Crippen molar-refractivity contribution in [1.29, 1.82) is 0 Å². The second kappa shape index (κ2) is 3.93. The van der Waals surface area contributed by atoms with Crippen LogP contribution in [0.5, 0.6) is 0 Å². The second-order valence-corrected chi connectivity index (χ2v) is 4.82. The lowest BCUT2D eigenvalue weighted by Crippen LogP contribution is -2.42. The second-order valence-electron chi connectivity index (χ2n) is 4.35. The van der Waals surface area contributed by atoms with Crippen LogP contribution >= 0.6 is 12.2 Å². The number of hydrogen-bond acceptors (Lipinski definition) is 2. The average molecular weight is 198 g/mol. The Bertz CT molecular complexity index is 201. The fourth-order valence-corrected chi connectivity index (χ4v) is 2.64. The predicted octanol–water partition coefficient (Wildman–Crippen LogP) is 1.54. The van der Waals surface area contributed by atoms with Crippen molar-refractivity contribution in [2.45, 2.75) is 38.1 Å². The first-order valence-electron chi connectivity index (χ1n) is 5.31. The molecular formula is C10H18N2S. The minimum atomic E-state index is 0.413. The Morgan fingerprint density at radius 2 is 2.08 bits per heavy atom. The van der Waals surface area contributed by atoms with E-state index in [2.05, 4.69) is 4.90 Å². The van der Waals surface area contributed by atoms with E-state index in [0.29, 0.717) is 11.0 Å². The SMILES string of the molecule is NC(=S)C1CCCN1CC1CCC1. The Labute approximate surface area is 85.5 Å². The molecule has 2 fully saturated rings. The molecule has 13 heavy (non-hydrogen) atoms. The fraction of sp³-hybridized carbons (Fsp3) is 0.900. The van der Waals surface area contributed by atoms with E-state index in [-0.39, 0.29) is 0 Å². The zero-order valence-electron chi connectivity index (χ0n) is 8.04. The molecule has 1 unspecified atom stereocenters. The van der Waals surface area contributed by atoms with Gasteiger partial charge in [0.15, 0.2) is 0 Å². The van der Waals surface area contributed by atoms with Crippen molar-refractivity contribution in [3.63, 3.8) is 0 Å². The van der Waals surface area contributed by atoms with Crippen molar-refractivity contribution in [3.05, 3.63) is 0 Å². The van der Waals surface area contributed by atoms with Crippen LogP contribution in [-0.4, -0.2) is 29.0 Å². The number of hydrogen-bond donors (Lipinski definition) is 1. The van der Waals surface area contributed by atoms with Gasteiger partial charge in [-0.2, -0.15) is 0 Å². The molecule has 1 atom stereocenters. The summed E-state index contributed by atoms with van der Waals surface area (Å²) >= 11 is 5.08. The van der Waals surface area contributed by atoms with Crippen molar-refractivity contribution in [2.24, 2.45) is 11.7 Å². The van der Waals surface area contributed by atoms with Crippen molar-refractivity contribution in [2.75, 3.05) is 13.1 Å². The van der Waals surface area contributed by atoms with Gasteiger partial charge in [-0.1, -0.05) is 18.6 Å². The Morgan fingerprint density at radius 3 is 2.62 bits per heavy atom. The van der Waals surface area contributed by atoms with E-state index in [1.54, 1.807) is 0 Å². The number of thiocarbonyl (C=S) groups is 1. The Balaban J connectivity index is 1.85. The van der Waals surface area contributed by atoms with Gasteiger partial charge in [0.1, 0.15) is 0 Å². The van der Waals surface area contributed by atoms with Gasteiger partial charge < -0.3 is 5.73 Å². The molecule has 0 spiro atoms. The lowest BCUT2D eigenvalue weighted by atomic mass is 9.85. The third-order valence-electron chi connectivity index (χ3n) is 3.41. The van der Waals surface area contributed by atoms with Crippen LogP contribution in [0, 0.1) is 5.92 Å². The van der Waals surface area contributed by atoms with Crippen LogP contribution < -0.4 is 5.73 Å². The number of nitrogens with zero attached hydrogens (tertiary/aromatic N) is 1. The first kappa shape index (κ1) is 9.41. The van der Waals surface area contributed by atoms with Gasteiger partial charge in [0.2, 0.25) is 0 Å². The van der Waals surface area contributed by atoms with Crippen molar-refractivity contribution in [1.82, 2.24) is 4.90 Å². The maximum atomic E-state index is 5.71. The fourth-order valence-electron chi connectivity index (χ4n) is 2.37. The number of rotatable bonds is 3. The van der Waals surface area contributed by atoms with Crippen LogP contribution in [0.3, 0.4) is 0 Å². The monoisotopic (exact) mass is 198 g/mol. The van der Waals surface area contributed by atoms with E-state index >= 15 is 0 Å². The van der Waals surface area contributed by atoms with Crippen LogP contribution in [0.1, 0.15) is 32.1 Å². The topological polar surface area (TPSA) is 29.3 Å². The molecule has 0 amide bonds. The third-order valence-corrected chi connectivity index (χ3v) is 3.68. The van der Waals surface area contributed by atoms with E-state index in [4.69, 9.17) is 18.0 Å². The summed E-state index contributed by atoms with van der Waals surface area (Å²) < 4.78 is 0. The van der Waals surface area contributed by atoms with E-state index < -0.39 is 0 Å². The molecule has 74 valence electrons. The summed E-state index contributed by atoms with van der Waals surface area (Å²) in [7, 11) is 0. The molecule has 0 aromatic rings. The van der Waals surface area contributed by atoms with Crippen LogP contribution in [0.15, 0.2) is 0 Å². The average Bonchev–Trinajstić information content (AvgIpc) is 2.44. The van der Waals surface area contributed by atoms with Gasteiger partial charge in [-0.05, 0) is 38.1 Å². The summed E-state index contributed by atoms with van der Waals surface area (Å²) in [6, 6.07) is 0.413. The lowest BCUT2D eigenvalue weighted by molar-refractivity contribution is 0.190. The molecular weight excluding hydrogens is 180 g/mol. The minimum Gasteiger partial charge on any atom is -0.392 e. The summed E-state index contributed by atoms with van der Waals surface area (Å²) in [5.41, 5.74) is 5.71. The van der Waals surface area contributed by atoms with Gasteiger partial charge in [0.05, 0.1) is 11.0 Å². The summed E-state index contributed by atoms with van der Waals surface area (Å²) in [6.45, 7) is 2.44. The zero-order valence-corrected chi connectivity index (χ0v) is 8.85.